The summed E-state index contributed by atoms with van der Waals surface area (Å²) in [6.07, 6.45) is -13.9. The molecule has 0 heterocycles. The minimum Gasteiger partial charge on any atom is -0.346 e. The monoisotopic (exact) mass is 258 g/mol. The van der Waals surface area contributed by atoms with E-state index in [0.717, 1.165) is 0 Å². The SMILES string of the molecule is O=[PH](O)CC(CC(F)(F)F)CC(F)(F)F. The van der Waals surface area contributed by atoms with E-state index in [-0.39, 0.29) is 0 Å². The Bertz CT molecular complexity index is 207. The molecule has 0 saturated carbocycles. The Morgan fingerprint density at radius 3 is 1.53 bits per heavy atom. The Balaban J connectivity index is 4.39. The minimum atomic E-state index is -4.76. The molecule has 1 unspecified atom stereocenters. The highest BCUT2D eigenvalue weighted by Crippen LogP contribution is 2.36. The fourth-order valence-electron chi connectivity index (χ4n) is 1.12. The Hall–Kier alpha value is -0.230. The molecule has 0 bridgehead atoms. The average Bonchev–Trinajstić information content (AvgIpc) is 1.73. The molecule has 0 aromatic carbocycles. The van der Waals surface area contributed by atoms with Crippen molar-refractivity contribution >= 4 is 8.03 Å². The maximum atomic E-state index is 11.8. The molecular formula is C6H9F6O2P. The van der Waals surface area contributed by atoms with Gasteiger partial charge in [0.05, 0.1) is 0 Å². The third-order valence-corrected chi connectivity index (χ3v) is 2.43. The van der Waals surface area contributed by atoms with E-state index in [0.29, 0.717) is 0 Å². The highest BCUT2D eigenvalue weighted by molar-refractivity contribution is 7.38. The van der Waals surface area contributed by atoms with Gasteiger partial charge in [-0.25, -0.2) is 0 Å². The summed E-state index contributed by atoms with van der Waals surface area (Å²) in [5, 5.41) is 0. The molecule has 0 amide bonds. The van der Waals surface area contributed by atoms with Gasteiger partial charge < -0.3 is 4.89 Å². The van der Waals surface area contributed by atoms with Crippen LogP contribution in [0.15, 0.2) is 0 Å². The molecule has 0 aromatic rings. The zero-order valence-electron chi connectivity index (χ0n) is 7.32. The largest absolute Gasteiger partial charge is 0.389 e. The fourth-order valence-corrected chi connectivity index (χ4v) is 1.90. The lowest BCUT2D eigenvalue weighted by Crippen LogP contribution is -2.23. The molecule has 9 heteroatoms. The first-order valence-electron chi connectivity index (χ1n) is 3.85. The fraction of sp³-hybridized carbons (Fsp3) is 1.00. The molecule has 0 rings (SSSR count). The summed E-state index contributed by atoms with van der Waals surface area (Å²) in [5.74, 6) is -1.87. The van der Waals surface area contributed by atoms with E-state index in [1.165, 1.54) is 0 Å². The molecule has 0 saturated heterocycles. The molecule has 1 atom stereocenters. The molecule has 0 radical (unpaired) electrons. The van der Waals surface area contributed by atoms with Crippen LogP contribution in [0.4, 0.5) is 26.3 Å². The first kappa shape index (κ1) is 14.8. The lowest BCUT2D eigenvalue weighted by Gasteiger charge is -2.18. The van der Waals surface area contributed by atoms with E-state index in [2.05, 4.69) is 0 Å². The molecule has 0 aliphatic heterocycles. The summed E-state index contributed by atoms with van der Waals surface area (Å²) in [6.45, 7) is 0. The molecular weight excluding hydrogens is 249 g/mol. The minimum absolute atomic E-state index is 0.955. The zero-order chi connectivity index (χ0) is 12.3. The molecule has 0 aromatic heterocycles. The van der Waals surface area contributed by atoms with Gasteiger partial charge in [0.15, 0.2) is 8.03 Å². The Morgan fingerprint density at radius 2 is 1.33 bits per heavy atom. The maximum Gasteiger partial charge on any atom is 0.389 e. The van der Waals surface area contributed by atoms with E-state index in [9.17, 15) is 30.9 Å². The highest BCUT2D eigenvalue weighted by atomic mass is 31.1. The van der Waals surface area contributed by atoms with Gasteiger partial charge in [0.2, 0.25) is 0 Å². The predicted molar refractivity (Wildman–Crippen MR) is 40.9 cm³/mol. The normalized spacial score (nSPS) is 15.7. The second-order valence-corrected chi connectivity index (χ2v) is 4.30. The van der Waals surface area contributed by atoms with E-state index in [1.807, 2.05) is 0 Å². The lowest BCUT2D eigenvalue weighted by molar-refractivity contribution is -0.170. The summed E-state index contributed by atoms with van der Waals surface area (Å²) < 4.78 is 81.0. The van der Waals surface area contributed by atoms with Crippen molar-refractivity contribution in [1.29, 1.82) is 0 Å². The highest BCUT2D eigenvalue weighted by Gasteiger charge is 2.39. The summed E-state index contributed by atoms with van der Waals surface area (Å²) >= 11 is 0. The second-order valence-electron chi connectivity index (χ2n) is 3.10. The topological polar surface area (TPSA) is 37.3 Å². The smallest absolute Gasteiger partial charge is 0.346 e. The number of hydrogen-bond acceptors (Lipinski definition) is 1. The summed E-state index contributed by atoms with van der Waals surface area (Å²) in [5.41, 5.74) is 0. The van der Waals surface area contributed by atoms with Gasteiger partial charge in [0.1, 0.15) is 0 Å². The standard InChI is InChI=1S/C6H9F6O2P/c7-5(8,9)1-4(3-15(13)14)2-6(10,11)12/h4,15H,1-3H2,(H,13,14). The molecule has 92 valence electrons. The van der Waals surface area contributed by atoms with E-state index < -0.39 is 45.3 Å². The molecule has 0 spiro atoms. The van der Waals surface area contributed by atoms with Crippen molar-refractivity contribution in [3.63, 3.8) is 0 Å². The van der Waals surface area contributed by atoms with E-state index >= 15 is 0 Å². The van der Waals surface area contributed by atoms with Crippen molar-refractivity contribution in [2.24, 2.45) is 5.92 Å². The summed E-state index contributed by atoms with van der Waals surface area (Å²) in [7, 11) is -3.33. The van der Waals surface area contributed by atoms with Crippen LogP contribution in [0.2, 0.25) is 0 Å². The Kier molecular flexibility index (Phi) is 5.13. The molecule has 2 nitrogen and oxygen atoms in total. The van der Waals surface area contributed by atoms with E-state index in [4.69, 9.17) is 4.89 Å². The molecule has 0 aliphatic carbocycles. The molecule has 0 aliphatic rings. The predicted octanol–water partition coefficient (Wildman–Crippen LogP) is 2.97. The van der Waals surface area contributed by atoms with Crippen molar-refractivity contribution < 1.29 is 35.8 Å². The van der Waals surface area contributed by atoms with Gasteiger partial charge in [-0.1, -0.05) is 0 Å². The van der Waals surface area contributed by atoms with Crippen LogP contribution in [0.25, 0.3) is 0 Å². The summed E-state index contributed by atoms with van der Waals surface area (Å²) in [4.78, 5) is 8.33. The van der Waals surface area contributed by atoms with Gasteiger partial charge in [-0.2, -0.15) is 26.3 Å². The van der Waals surface area contributed by atoms with Crippen molar-refractivity contribution in [3.8, 4) is 0 Å². The van der Waals surface area contributed by atoms with Crippen molar-refractivity contribution in [2.75, 3.05) is 6.16 Å². The van der Waals surface area contributed by atoms with Crippen molar-refractivity contribution in [3.05, 3.63) is 0 Å². The first-order valence-corrected chi connectivity index (χ1v) is 5.41. The molecule has 1 N–H and O–H groups in total. The third kappa shape index (κ3) is 10.1. The first-order chi connectivity index (χ1) is 6.49. The Morgan fingerprint density at radius 1 is 1.00 bits per heavy atom. The number of rotatable bonds is 4. The van der Waals surface area contributed by atoms with Crippen LogP contribution >= 0.6 is 8.03 Å². The van der Waals surface area contributed by atoms with Crippen LogP contribution in [0.5, 0.6) is 0 Å². The second kappa shape index (κ2) is 5.21. The average molecular weight is 258 g/mol. The van der Waals surface area contributed by atoms with Gasteiger partial charge in [0.25, 0.3) is 0 Å². The van der Waals surface area contributed by atoms with E-state index in [1.54, 1.807) is 0 Å². The molecule has 0 fully saturated rings. The lowest BCUT2D eigenvalue weighted by atomic mass is 10.0. The van der Waals surface area contributed by atoms with Crippen LogP contribution in [0.1, 0.15) is 12.8 Å². The zero-order valence-corrected chi connectivity index (χ0v) is 8.32. The number of halogens is 6. The van der Waals surface area contributed by atoms with Crippen LogP contribution in [0.3, 0.4) is 0 Å². The van der Waals surface area contributed by atoms with Gasteiger partial charge in [0, 0.05) is 19.0 Å². The Labute approximate surface area is 82.1 Å². The van der Waals surface area contributed by atoms with Crippen molar-refractivity contribution in [2.45, 2.75) is 25.2 Å². The van der Waals surface area contributed by atoms with Crippen LogP contribution in [-0.2, 0) is 4.57 Å². The van der Waals surface area contributed by atoms with Crippen molar-refractivity contribution in [1.82, 2.24) is 0 Å². The van der Waals surface area contributed by atoms with Gasteiger partial charge >= 0.3 is 12.4 Å². The van der Waals surface area contributed by atoms with Crippen LogP contribution < -0.4 is 0 Å². The summed E-state index contributed by atoms with van der Waals surface area (Å²) in [6, 6.07) is 0. The van der Waals surface area contributed by atoms with Gasteiger partial charge in [-0.05, 0) is 5.92 Å². The number of alkyl halides is 6. The number of hydrogen-bond donors (Lipinski definition) is 1. The third-order valence-electron chi connectivity index (χ3n) is 1.50. The van der Waals surface area contributed by atoms with Crippen LogP contribution in [0, 0.1) is 5.92 Å². The molecule has 15 heavy (non-hydrogen) atoms. The van der Waals surface area contributed by atoms with Gasteiger partial charge in [-0.3, -0.25) is 4.57 Å². The quantitative estimate of drug-likeness (QED) is 0.621. The van der Waals surface area contributed by atoms with Gasteiger partial charge in [-0.15, -0.1) is 0 Å². The maximum absolute atomic E-state index is 11.8. The van der Waals surface area contributed by atoms with Crippen LogP contribution in [-0.4, -0.2) is 23.4 Å².